The lowest BCUT2D eigenvalue weighted by molar-refractivity contribution is -0.141. The van der Waals surface area contributed by atoms with Gasteiger partial charge < -0.3 is 14.2 Å². The summed E-state index contributed by atoms with van der Waals surface area (Å²) in [4.78, 5) is 29.3. The Hall–Kier alpha value is -2.70. The maximum atomic E-state index is 12.8. The Balaban J connectivity index is 1.22. The minimum absolute atomic E-state index is 0.0606. The van der Waals surface area contributed by atoms with E-state index in [0.717, 1.165) is 50.3 Å². The van der Waals surface area contributed by atoms with Crippen LogP contribution in [0.3, 0.4) is 0 Å². The molecule has 166 valence electrons. The molecular weight excluding hydrogens is 392 g/mol. The fourth-order valence-corrected chi connectivity index (χ4v) is 4.40. The quantitative estimate of drug-likeness (QED) is 0.734. The van der Waals surface area contributed by atoms with Crippen LogP contribution in [0.1, 0.15) is 50.5 Å². The first-order chi connectivity index (χ1) is 15.0. The highest BCUT2D eigenvalue weighted by Crippen LogP contribution is 2.24. The summed E-state index contributed by atoms with van der Waals surface area (Å²) in [5.41, 5.74) is 2.05. The second-order valence-corrected chi connectivity index (χ2v) is 9.03. The maximum absolute atomic E-state index is 12.8. The highest BCUT2D eigenvalue weighted by atomic mass is 16.4. The van der Waals surface area contributed by atoms with Gasteiger partial charge in [-0.15, -0.1) is 10.2 Å². The third-order valence-electron chi connectivity index (χ3n) is 6.61. The van der Waals surface area contributed by atoms with E-state index in [1.807, 2.05) is 41.0 Å². The Morgan fingerprint density at radius 1 is 0.968 bits per heavy atom. The number of rotatable bonds is 5. The number of likely N-dealkylation sites (tertiary alicyclic amines) is 2. The second-order valence-electron chi connectivity index (χ2n) is 9.03. The lowest BCUT2D eigenvalue weighted by Crippen LogP contribution is -2.46. The van der Waals surface area contributed by atoms with Gasteiger partial charge in [-0.1, -0.05) is 24.6 Å². The molecule has 2 amide bonds. The number of amides is 2. The Labute approximate surface area is 183 Å². The summed E-state index contributed by atoms with van der Waals surface area (Å²) in [5, 5.41) is 8.19. The second kappa shape index (κ2) is 9.62. The molecule has 0 radical (unpaired) electrons. The third kappa shape index (κ3) is 5.32. The van der Waals surface area contributed by atoms with Crippen LogP contribution < -0.4 is 0 Å². The van der Waals surface area contributed by atoms with Crippen LogP contribution in [0.25, 0.3) is 11.5 Å². The zero-order chi connectivity index (χ0) is 21.8. The Morgan fingerprint density at radius 3 is 2.29 bits per heavy atom. The topological polar surface area (TPSA) is 79.5 Å². The molecule has 0 bridgehead atoms. The molecule has 7 nitrogen and oxygen atoms in total. The number of aromatic nitrogens is 2. The molecule has 2 aliphatic heterocycles. The SMILES string of the molecule is Cc1ccc(-c2nnc(CCC(=O)N3CCC(C(=O)N4CCC(C)CC4)CC3)o2)cc1. The number of hydrogen-bond acceptors (Lipinski definition) is 5. The number of piperidine rings is 2. The molecule has 0 spiro atoms. The van der Waals surface area contributed by atoms with Crippen LogP contribution >= 0.6 is 0 Å². The molecule has 2 saturated heterocycles. The van der Waals surface area contributed by atoms with Crippen molar-refractivity contribution in [3.05, 3.63) is 35.7 Å². The van der Waals surface area contributed by atoms with E-state index in [-0.39, 0.29) is 17.7 Å². The van der Waals surface area contributed by atoms with Crippen LogP contribution in [0.5, 0.6) is 0 Å². The summed E-state index contributed by atoms with van der Waals surface area (Å²) in [7, 11) is 0. The Bertz CT molecular complexity index is 892. The molecule has 1 aromatic carbocycles. The molecule has 31 heavy (non-hydrogen) atoms. The van der Waals surface area contributed by atoms with E-state index in [1.54, 1.807) is 0 Å². The van der Waals surface area contributed by atoms with E-state index < -0.39 is 0 Å². The molecule has 4 rings (SSSR count). The van der Waals surface area contributed by atoms with Crippen molar-refractivity contribution in [2.24, 2.45) is 11.8 Å². The van der Waals surface area contributed by atoms with Crippen LogP contribution in [-0.4, -0.2) is 58.0 Å². The van der Waals surface area contributed by atoms with Crippen LogP contribution in [0.15, 0.2) is 28.7 Å². The first-order valence-corrected chi connectivity index (χ1v) is 11.5. The van der Waals surface area contributed by atoms with Crippen molar-refractivity contribution in [1.29, 1.82) is 0 Å². The van der Waals surface area contributed by atoms with Crippen LogP contribution in [0.2, 0.25) is 0 Å². The van der Waals surface area contributed by atoms with Crippen molar-refractivity contribution >= 4 is 11.8 Å². The molecular formula is C24H32N4O3. The maximum Gasteiger partial charge on any atom is 0.247 e. The van der Waals surface area contributed by atoms with E-state index >= 15 is 0 Å². The minimum atomic E-state index is 0.0606. The monoisotopic (exact) mass is 424 g/mol. The summed E-state index contributed by atoms with van der Waals surface area (Å²) in [5.74, 6) is 2.12. The predicted octanol–water partition coefficient (Wildman–Crippen LogP) is 3.47. The predicted molar refractivity (Wildman–Crippen MR) is 117 cm³/mol. The lowest BCUT2D eigenvalue weighted by Gasteiger charge is -2.36. The molecule has 0 saturated carbocycles. The van der Waals surface area contributed by atoms with Gasteiger partial charge in [0, 0.05) is 50.5 Å². The first kappa shape index (κ1) is 21.5. The molecule has 0 atom stereocenters. The molecule has 0 N–H and O–H groups in total. The van der Waals surface area contributed by atoms with E-state index in [4.69, 9.17) is 4.42 Å². The van der Waals surface area contributed by atoms with E-state index in [9.17, 15) is 9.59 Å². The van der Waals surface area contributed by atoms with Gasteiger partial charge in [0.2, 0.25) is 23.6 Å². The summed E-state index contributed by atoms with van der Waals surface area (Å²) >= 11 is 0. The fourth-order valence-electron chi connectivity index (χ4n) is 4.40. The van der Waals surface area contributed by atoms with Crippen LogP contribution in [0, 0.1) is 18.8 Å². The van der Waals surface area contributed by atoms with Gasteiger partial charge in [0.05, 0.1) is 0 Å². The van der Waals surface area contributed by atoms with Crippen molar-refractivity contribution in [3.63, 3.8) is 0 Å². The number of carbonyl (C=O) groups excluding carboxylic acids is 2. The lowest BCUT2D eigenvalue weighted by atomic mass is 9.92. The highest BCUT2D eigenvalue weighted by molar-refractivity contribution is 5.80. The van der Waals surface area contributed by atoms with Gasteiger partial charge in [-0.05, 0) is 50.7 Å². The Morgan fingerprint density at radius 2 is 1.61 bits per heavy atom. The average molecular weight is 425 g/mol. The van der Waals surface area contributed by atoms with E-state index in [2.05, 4.69) is 17.1 Å². The summed E-state index contributed by atoms with van der Waals surface area (Å²) < 4.78 is 5.73. The Kier molecular flexibility index (Phi) is 6.68. The van der Waals surface area contributed by atoms with Crippen molar-refractivity contribution in [2.75, 3.05) is 26.2 Å². The van der Waals surface area contributed by atoms with Gasteiger partial charge in [-0.3, -0.25) is 9.59 Å². The molecule has 0 aliphatic carbocycles. The van der Waals surface area contributed by atoms with E-state index in [0.29, 0.717) is 37.7 Å². The van der Waals surface area contributed by atoms with Gasteiger partial charge in [0.1, 0.15) is 0 Å². The minimum Gasteiger partial charge on any atom is -0.421 e. The average Bonchev–Trinajstić information content (AvgIpc) is 3.27. The van der Waals surface area contributed by atoms with Crippen LogP contribution in [-0.2, 0) is 16.0 Å². The third-order valence-corrected chi connectivity index (χ3v) is 6.61. The van der Waals surface area contributed by atoms with Crippen molar-refractivity contribution < 1.29 is 14.0 Å². The van der Waals surface area contributed by atoms with Crippen molar-refractivity contribution in [1.82, 2.24) is 20.0 Å². The molecule has 2 fully saturated rings. The van der Waals surface area contributed by atoms with E-state index in [1.165, 1.54) is 5.56 Å². The standard InChI is InChI=1S/C24H32N4O3/c1-17-3-5-19(6-4-17)23-26-25-21(31-23)7-8-22(29)27-15-11-20(12-16-27)24(30)28-13-9-18(2)10-14-28/h3-6,18,20H,7-16H2,1-2H3. The molecule has 7 heteroatoms. The zero-order valence-electron chi connectivity index (χ0n) is 18.5. The molecule has 2 aromatic rings. The summed E-state index contributed by atoms with van der Waals surface area (Å²) in [6.45, 7) is 7.35. The number of aryl methyl sites for hydroxylation is 2. The molecule has 0 unspecified atom stereocenters. The number of hydrogen-bond donors (Lipinski definition) is 0. The van der Waals surface area contributed by atoms with Gasteiger partial charge in [0.25, 0.3) is 0 Å². The van der Waals surface area contributed by atoms with Gasteiger partial charge in [-0.25, -0.2) is 0 Å². The number of carbonyl (C=O) groups is 2. The molecule has 2 aliphatic rings. The van der Waals surface area contributed by atoms with Gasteiger partial charge >= 0.3 is 0 Å². The van der Waals surface area contributed by atoms with Crippen LogP contribution in [0.4, 0.5) is 0 Å². The van der Waals surface area contributed by atoms with Gasteiger partial charge in [0.15, 0.2) is 0 Å². The smallest absolute Gasteiger partial charge is 0.247 e. The fraction of sp³-hybridized carbons (Fsp3) is 0.583. The van der Waals surface area contributed by atoms with Crippen molar-refractivity contribution in [3.8, 4) is 11.5 Å². The van der Waals surface area contributed by atoms with Crippen molar-refractivity contribution in [2.45, 2.75) is 52.4 Å². The number of benzene rings is 1. The number of nitrogens with zero attached hydrogens (tertiary/aromatic N) is 4. The highest BCUT2D eigenvalue weighted by Gasteiger charge is 2.31. The first-order valence-electron chi connectivity index (χ1n) is 11.5. The van der Waals surface area contributed by atoms with Gasteiger partial charge in [-0.2, -0.15) is 0 Å². The zero-order valence-corrected chi connectivity index (χ0v) is 18.5. The normalized spacial score (nSPS) is 18.4. The molecule has 1 aromatic heterocycles. The largest absolute Gasteiger partial charge is 0.421 e. The summed E-state index contributed by atoms with van der Waals surface area (Å²) in [6.07, 6.45) is 4.50. The molecule has 3 heterocycles. The summed E-state index contributed by atoms with van der Waals surface area (Å²) in [6, 6.07) is 7.91.